The van der Waals surface area contributed by atoms with Crippen LogP contribution >= 0.6 is 0 Å². The molecule has 0 spiro atoms. The lowest BCUT2D eigenvalue weighted by Gasteiger charge is -2.51. The topological polar surface area (TPSA) is 71.1 Å². The molecule has 0 aliphatic carbocycles. The molecule has 4 heterocycles. The number of sulfonamides is 1. The highest BCUT2D eigenvalue weighted by molar-refractivity contribution is 7.89. The van der Waals surface area contributed by atoms with Crippen LogP contribution in [0.25, 0.3) is 0 Å². The van der Waals surface area contributed by atoms with Crippen LogP contribution in [0.15, 0.2) is 29.2 Å². The summed E-state index contributed by atoms with van der Waals surface area (Å²) >= 11 is 0. The number of rotatable bonds is 7. The lowest BCUT2D eigenvalue weighted by atomic mass is 9.75. The number of morpholine rings is 1. The SMILES string of the molecule is COc1ccc(S(=O)(=O)NCC2CC3CCN2CC3CN2CCOCC2)cc1. The summed E-state index contributed by atoms with van der Waals surface area (Å²) in [5.74, 6) is 2.05. The molecule has 4 fully saturated rings. The molecule has 4 saturated heterocycles. The number of ether oxygens (including phenoxy) is 2. The summed E-state index contributed by atoms with van der Waals surface area (Å²) in [5, 5.41) is 0. The van der Waals surface area contributed by atoms with E-state index < -0.39 is 10.0 Å². The van der Waals surface area contributed by atoms with Gasteiger partial charge in [-0.1, -0.05) is 0 Å². The summed E-state index contributed by atoms with van der Waals surface area (Å²) in [7, 11) is -1.92. The number of hydrogen-bond acceptors (Lipinski definition) is 6. The van der Waals surface area contributed by atoms with Gasteiger partial charge in [0, 0.05) is 38.8 Å². The highest BCUT2D eigenvalue weighted by Crippen LogP contribution is 2.36. The Morgan fingerprint density at radius 1 is 1.18 bits per heavy atom. The molecule has 0 radical (unpaired) electrons. The minimum Gasteiger partial charge on any atom is -0.497 e. The summed E-state index contributed by atoms with van der Waals surface area (Å²) in [6.07, 6.45) is 2.32. The van der Waals surface area contributed by atoms with Gasteiger partial charge in [0.2, 0.25) is 10.0 Å². The normalized spacial score (nSPS) is 31.0. The predicted octanol–water partition coefficient (Wildman–Crippen LogP) is 1.02. The maximum atomic E-state index is 12.6. The van der Waals surface area contributed by atoms with Gasteiger partial charge in [0.15, 0.2) is 0 Å². The summed E-state index contributed by atoms with van der Waals surface area (Å²) in [6.45, 7) is 7.55. The summed E-state index contributed by atoms with van der Waals surface area (Å²) in [5.41, 5.74) is 0. The van der Waals surface area contributed by atoms with Gasteiger partial charge in [0.1, 0.15) is 5.75 Å². The van der Waals surface area contributed by atoms with Crippen molar-refractivity contribution in [2.75, 3.05) is 59.6 Å². The quantitative estimate of drug-likeness (QED) is 0.725. The van der Waals surface area contributed by atoms with Crippen molar-refractivity contribution in [1.29, 1.82) is 0 Å². The Bertz CT molecular complexity index is 749. The van der Waals surface area contributed by atoms with Crippen LogP contribution in [0.5, 0.6) is 5.75 Å². The zero-order chi connectivity index (χ0) is 19.6. The van der Waals surface area contributed by atoms with Gasteiger partial charge >= 0.3 is 0 Å². The van der Waals surface area contributed by atoms with E-state index in [0.29, 0.717) is 30.2 Å². The van der Waals surface area contributed by atoms with E-state index in [4.69, 9.17) is 9.47 Å². The number of fused-ring (bicyclic) bond motifs is 3. The Hall–Kier alpha value is -1.19. The molecular formula is C20H31N3O4S. The average Bonchev–Trinajstić information content (AvgIpc) is 2.74. The number of hydrogen-bond donors (Lipinski definition) is 1. The molecule has 156 valence electrons. The highest BCUT2D eigenvalue weighted by atomic mass is 32.2. The van der Waals surface area contributed by atoms with E-state index in [-0.39, 0.29) is 4.90 Å². The first kappa shape index (κ1) is 20.1. The molecule has 0 amide bonds. The molecule has 5 rings (SSSR count). The van der Waals surface area contributed by atoms with Crippen LogP contribution < -0.4 is 9.46 Å². The summed E-state index contributed by atoms with van der Waals surface area (Å²) in [4.78, 5) is 5.30. The Kier molecular flexibility index (Phi) is 6.22. The van der Waals surface area contributed by atoms with Crippen molar-refractivity contribution in [3.8, 4) is 5.75 Å². The van der Waals surface area contributed by atoms with Gasteiger partial charge in [0.25, 0.3) is 0 Å². The van der Waals surface area contributed by atoms with Crippen LogP contribution in [0.4, 0.5) is 0 Å². The Labute approximate surface area is 168 Å². The second-order valence-corrected chi connectivity index (χ2v) is 9.90. The van der Waals surface area contributed by atoms with Gasteiger partial charge in [-0.15, -0.1) is 0 Å². The molecule has 0 aromatic heterocycles. The summed E-state index contributed by atoms with van der Waals surface area (Å²) < 4.78 is 38.6. The first-order chi connectivity index (χ1) is 13.5. The van der Waals surface area contributed by atoms with Crippen molar-refractivity contribution in [1.82, 2.24) is 14.5 Å². The monoisotopic (exact) mass is 409 g/mol. The Balaban J connectivity index is 1.31. The molecule has 0 saturated carbocycles. The van der Waals surface area contributed by atoms with E-state index in [1.165, 1.54) is 6.42 Å². The van der Waals surface area contributed by atoms with Crippen LogP contribution in [-0.4, -0.2) is 83.9 Å². The molecule has 8 heteroatoms. The third-order valence-corrected chi connectivity index (χ3v) is 7.93. The molecule has 2 bridgehead atoms. The highest BCUT2D eigenvalue weighted by Gasteiger charge is 2.40. The van der Waals surface area contributed by atoms with Crippen LogP contribution in [0.1, 0.15) is 12.8 Å². The van der Waals surface area contributed by atoms with Gasteiger partial charge in [0.05, 0.1) is 25.2 Å². The number of nitrogens with one attached hydrogen (secondary N) is 1. The van der Waals surface area contributed by atoms with E-state index in [2.05, 4.69) is 14.5 Å². The van der Waals surface area contributed by atoms with Gasteiger partial charge < -0.3 is 9.47 Å². The van der Waals surface area contributed by atoms with Gasteiger partial charge in [-0.3, -0.25) is 9.80 Å². The van der Waals surface area contributed by atoms with E-state index in [9.17, 15) is 8.42 Å². The average molecular weight is 410 g/mol. The minimum absolute atomic E-state index is 0.287. The third kappa shape index (κ3) is 4.52. The summed E-state index contributed by atoms with van der Waals surface area (Å²) in [6, 6.07) is 6.83. The van der Waals surface area contributed by atoms with E-state index in [0.717, 1.165) is 52.4 Å². The fourth-order valence-electron chi connectivity index (χ4n) is 4.83. The lowest BCUT2D eigenvalue weighted by Crippen LogP contribution is -2.58. The first-order valence-electron chi connectivity index (χ1n) is 10.2. The molecule has 4 aliphatic rings. The van der Waals surface area contributed by atoms with Gasteiger partial charge in [-0.05, 0) is 55.5 Å². The van der Waals surface area contributed by atoms with E-state index in [1.54, 1.807) is 31.4 Å². The standard InChI is InChI=1S/C20H31N3O4S/c1-26-19-2-4-20(5-3-19)28(24,25)21-13-18-12-16-6-7-23(18)15-17(16)14-22-8-10-27-11-9-22/h2-5,16-18,21H,6-15H2,1H3. The number of methoxy groups -OCH3 is 1. The van der Waals surface area contributed by atoms with Crippen LogP contribution in [0.2, 0.25) is 0 Å². The predicted molar refractivity (Wildman–Crippen MR) is 107 cm³/mol. The van der Waals surface area contributed by atoms with Crippen molar-refractivity contribution in [2.45, 2.75) is 23.8 Å². The zero-order valence-electron chi connectivity index (χ0n) is 16.5. The molecule has 1 N–H and O–H groups in total. The number of piperidine rings is 3. The van der Waals surface area contributed by atoms with Crippen molar-refractivity contribution < 1.29 is 17.9 Å². The maximum Gasteiger partial charge on any atom is 0.240 e. The largest absolute Gasteiger partial charge is 0.497 e. The molecule has 1 aromatic carbocycles. The number of benzene rings is 1. The van der Waals surface area contributed by atoms with E-state index in [1.807, 2.05) is 0 Å². The van der Waals surface area contributed by atoms with Gasteiger partial charge in [-0.25, -0.2) is 13.1 Å². The molecule has 4 unspecified atom stereocenters. The fourth-order valence-corrected chi connectivity index (χ4v) is 5.90. The van der Waals surface area contributed by atoms with E-state index >= 15 is 0 Å². The van der Waals surface area contributed by atoms with Crippen molar-refractivity contribution >= 4 is 10.0 Å². The minimum atomic E-state index is -3.49. The smallest absolute Gasteiger partial charge is 0.240 e. The molecule has 7 nitrogen and oxygen atoms in total. The molecular weight excluding hydrogens is 378 g/mol. The zero-order valence-corrected chi connectivity index (χ0v) is 17.4. The molecule has 4 aliphatic heterocycles. The lowest BCUT2D eigenvalue weighted by molar-refractivity contribution is -0.0285. The molecule has 4 atom stereocenters. The fraction of sp³-hybridized carbons (Fsp3) is 0.700. The number of nitrogens with zero attached hydrogens (tertiary/aromatic N) is 2. The molecule has 28 heavy (non-hydrogen) atoms. The second kappa shape index (κ2) is 8.67. The molecule has 1 aromatic rings. The van der Waals surface area contributed by atoms with Crippen LogP contribution in [-0.2, 0) is 14.8 Å². The van der Waals surface area contributed by atoms with Crippen LogP contribution in [0.3, 0.4) is 0 Å². The Morgan fingerprint density at radius 3 is 2.57 bits per heavy atom. The van der Waals surface area contributed by atoms with Crippen molar-refractivity contribution in [2.24, 2.45) is 11.8 Å². The second-order valence-electron chi connectivity index (χ2n) is 8.13. The van der Waals surface area contributed by atoms with Crippen molar-refractivity contribution in [3.05, 3.63) is 24.3 Å². The van der Waals surface area contributed by atoms with Crippen LogP contribution in [0, 0.1) is 11.8 Å². The third-order valence-electron chi connectivity index (χ3n) is 6.49. The Morgan fingerprint density at radius 2 is 1.93 bits per heavy atom. The van der Waals surface area contributed by atoms with Gasteiger partial charge in [-0.2, -0.15) is 0 Å². The van der Waals surface area contributed by atoms with Crippen molar-refractivity contribution in [3.63, 3.8) is 0 Å². The first-order valence-corrected chi connectivity index (χ1v) is 11.7. The maximum absolute atomic E-state index is 12.6.